The van der Waals surface area contributed by atoms with Crippen LogP contribution in [0.2, 0.25) is 0 Å². The SMILES string of the molecule is Cl.c1cc2c(cc1-c1noc([C@H]3CNCCO3)n1)CCO2. The lowest BCUT2D eigenvalue weighted by molar-refractivity contribution is 0.00755. The van der Waals surface area contributed by atoms with E-state index in [0.29, 0.717) is 24.9 Å². The number of morpholine rings is 1. The largest absolute Gasteiger partial charge is 0.493 e. The van der Waals surface area contributed by atoms with Gasteiger partial charge in [-0.15, -0.1) is 12.4 Å². The number of ether oxygens (including phenoxy) is 2. The number of hydrogen-bond acceptors (Lipinski definition) is 6. The standard InChI is InChI=1S/C14H15N3O3.ClH/c1-2-11-9(3-5-18-11)7-10(1)13-16-14(20-17-13)12-8-15-4-6-19-12;/h1-2,7,12,15H,3-6,8H2;1H/t12-;/m1./s1. The highest BCUT2D eigenvalue weighted by molar-refractivity contribution is 5.85. The zero-order chi connectivity index (χ0) is 13.4. The maximum Gasteiger partial charge on any atom is 0.257 e. The number of fused-ring (bicyclic) bond motifs is 1. The maximum absolute atomic E-state index is 5.61. The van der Waals surface area contributed by atoms with Crippen LogP contribution < -0.4 is 10.1 Å². The summed E-state index contributed by atoms with van der Waals surface area (Å²) in [5.74, 6) is 2.09. The summed E-state index contributed by atoms with van der Waals surface area (Å²) in [6.07, 6.45) is 0.784. The molecule has 0 bridgehead atoms. The molecule has 0 unspecified atom stereocenters. The highest BCUT2D eigenvalue weighted by Gasteiger charge is 2.23. The van der Waals surface area contributed by atoms with Gasteiger partial charge in [-0.3, -0.25) is 0 Å². The summed E-state index contributed by atoms with van der Waals surface area (Å²) in [6.45, 7) is 2.98. The van der Waals surface area contributed by atoms with Crippen molar-refractivity contribution in [2.24, 2.45) is 0 Å². The lowest BCUT2D eigenvalue weighted by Crippen LogP contribution is -2.33. The molecule has 112 valence electrons. The van der Waals surface area contributed by atoms with Crippen LogP contribution in [0.4, 0.5) is 0 Å². The molecule has 1 atom stereocenters. The average molecular weight is 310 g/mol. The van der Waals surface area contributed by atoms with E-state index in [2.05, 4.69) is 21.5 Å². The molecule has 0 spiro atoms. The number of nitrogens with one attached hydrogen (secondary N) is 1. The number of aromatic nitrogens is 2. The number of halogens is 1. The molecule has 21 heavy (non-hydrogen) atoms. The summed E-state index contributed by atoms with van der Waals surface area (Å²) in [5.41, 5.74) is 2.15. The lowest BCUT2D eigenvalue weighted by atomic mass is 10.1. The van der Waals surface area contributed by atoms with E-state index in [1.807, 2.05) is 12.1 Å². The monoisotopic (exact) mass is 309 g/mol. The Kier molecular flexibility index (Phi) is 4.10. The number of benzene rings is 1. The van der Waals surface area contributed by atoms with Gasteiger partial charge in [0.2, 0.25) is 5.82 Å². The van der Waals surface area contributed by atoms with Gasteiger partial charge in [-0.05, 0) is 23.8 Å². The normalized spacial score (nSPS) is 20.5. The highest BCUT2D eigenvalue weighted by Crippen LogP contribution is 2.30. The first kappa shape index (κ1) is 14.3. The van der Waals surface area contributed by atoms with Crippen molar-refractivity contribution >= 4 is 12.4 Å². The van der Waals surface area contributed by atoms with Crippen molar-refractivity contribution in [2.75, 3.05) is 26.3 Å². The predicted molar refractivity (Wildman–Crippen MR) is 77.7 cm³/mol. The van der Waals surface area contributed by atoms with Gasteiger partial charge in [0.1, 0.15) is 11.9 Å². The van der Waals surface area contributed by atoms with Crippen LogP contribution in [0.15, 0.2) is 22.7 Å². The zero-order valence-corrected chi connectivity index (χ0v) is 12.2. The third-order valence-corrected chi connectivity index (χ3v) is 3.59. The van der Waals surface area contributed by atoms with Crippen molar-refractivity contribution in [2.45, 2.75) is 12.5 Å². The predicted octanol–water partition coefficient (Wildman–Crippen LogP) is 1.75. The molecule has 4 rings (SSSR count). The first-order valence-corrected chi connectivity index (χ1v) is 6.82. The van der Waals surface area contributed by atoms with Crippen LogP contribution in [0.1, 0.15) is 17.6 Å². The van der Waals surface area contributed by atoms with Gasteiger partial charge in [0, 0.05) is 25.1 Å². The summed E-state index contributed by atoms with van der Waals surface area (Å²) in [4.78, 5) is 4.45. The van der Waals surface area contributed by atoms with Crippen LogP contribution in [0.25, 0.3) is 11.4 Å². The molecule has 6 nitrogen and oxygen atoms in total. The molecular formula is C14H16ClN3O3. The van der Waals surface area contributed by atoms with Crippen LogP contribution in [0.3, 0.4) is 0 Å². The fourth-order valence-corrected chi connectivity index (χ4v) is 2.53. The average Bonchev–Trinajstić information content (AvgIpc) is 3.16. The van der Waals surface area contributed by atoms with Crippen molar-refractivity contribution < 1.29 is 14.0 Å². The van der Waals surface area contributed by atoms with Crippen molar-refractivity contribution in [3.63, 3.8) is 0 Å². The van der Waals surface area contributed by atoms with E-state index >= 15 is 0 Å². The molecule has 0 amide bonds. The van der Waals surface area contributed by atoms with Gasteiger partial charge in [0.15, 0.2) is 0 Å². The Morgan fingerprint density at radius 2 is 2.19 bits per heavy atom. The summed E-state index contributed by atoms with van der Waals surface area (Å²) >= 11 is 0. The van der Waals surface area contributed by atoms with Crippen molar-refractivity contribution in [3.05, 3.63) is 29.7 Å². The van der Waals surface area contributed by atoms with E-state index < -0.39 is 0 Å². The van der Waals surface area contributed by atoms with Crippen molar-refractivity contribution in [1.29, 1.82) is 0 Å². The van der Waals surface area contributed by atoms with Gasteiger partial charge < -0.3 is 19.3 Å². The first-order valence-electron chi connectivity index (χ1n) is 6.82. The van der Waals surface area contributed by atoms with Gasteiger partial charge in [-0.25, -0.2) is 0 Å². The Balaban J connectivity index is 0.00000132. The van der Waals surface area contributed by atoms with Gasteiger partial charge in [-0.1, -0.05) is 5.16 Å². The van der Waals surface area contributed by atoms with Crippen molar-refractivity contribution in [3.8, 4) is 17.1 Å². The van der Waals surface area contributed by atoms with Crippen molar-refractivity contribution in [1.82, 2.24) is 15.5 Å². The Morgan fingerprint density at radius 3 is 3.05 bits per heavy atom. The Morgan fingerprint density at radius 1 is 1.24 bits per heavy atom. The molecule has 0 radical (unpaired) electrons. The number of hydrogen-bond donors (Lipinski definition) is 1. The molecule has 1 aromatic carbocycles. The van der Waals surface area contributed by atoms with Crippen LogP contribution in [-0.4, -0.2) is 36.4 Å². The molecule has 0 saturated carbocycles. The number of nitrogens with zero attached hydrogens (tertiary/aromatic N) is 2. The summed E-state index contributed by atoms with van der Waals surface area (Å²) in [5, 5.41) is 7.30. The second kappa shape index (κ2) is 6.01. The second-order valence-corrected chi connectivity index (χ2v) is 4.94. The topological polar surface area (TPSA) is 69.4 Å². The van der Waals surface area contributed by atoms with E-state index in [9.17, 15) is 0 Å². The zero-order valence-electron chi connectivity index (χ0n) is 11.4. The molecule has 1 N–H and O–H groups in total. The molecule has 1 fully saturated rings. The summed E-state index contributed by atoms with van der Waals surface area (Å²) in [6, 6.07) is 5.99. The van der Waals surface area contributed by atoms with Crippen LogP contribution in [-0.2, 0) is 11.2 Å². The van der Waals surface area contributed by atoms with E-state index in [1.165, 1.54) is 5.56 Å². The fraction of sp³-hybridized carbons (Fsp3) is 0.429. The van der Waals surface area contributed by atoms with E-state index in [0.717, 1.165) is 30.9 Å². The molecule has 2 aliphatic rings. The fourth-order valence-electron chi connectivity index (χ4n) is 2.53. The Bertz CT molecular complexity index is 626. The minimum Gasteiger partial charge on any atom is -0.493 e. The second-order valence-electron chi connectivity index (χ2n) is 4.94. The summed E-state index contributed by atoms with van der Waals surface area (Å²) in [7, 11) is 0. The minimum atomic E-state index is -0.150. The van der Waals surface area contributed by atoms with Crippen LogP contribution >= 0.6 is 12.4 Å². The summed E-state index contributed by atoms with van der Waals surface area (Å²) < 4.78 is 16.4. The highest BCUT2D eigenvalue weighted by atomic mass is 35.5. The molecule has 1 saturated heterocycles. The van der Waals surface area contributed by atoms with E-state index in [4.69, 9.17) is 14.0 Å². The van der Waals surface area contributed by atoms with Crippen LogP contribution in [0, 0.1) is 0 Å². The van der Waals surface area contributed by atoms with Gasteiger partial charge in [0.25, 0.3) is 5.89 Å². The molecule has 0 aliphatic carbocycles. The third-order valence-electron chi connectivity index (χ3n) is 3.59. The van der Waals surface area contributed by atoms with Gasteiger partial charge in [-0.2, -0.15) is 4.98 Å². The smallest absolute Gasteiger partial charge is 0.257 e. The molecule has 2 aliphatic heterocycles. The molecular weight excluding hydrogens is 294 g/mol. The Labute approximate surface area is 128 Å². The van der Waals surface area contributed by atoms with Crippen LogP contribution in [0.5, 0.6) is 5.75 Å². The Hall–Kier alpha value is -1.63. The third kappa shape index (κ3) is 2.74. The van der Waals surface area contributed by atoms with Gasteiger partial charge >= 0.3 is 0 Å². The molecule has 2 aromatic rings. The van der Waals surface area contributed by atoms with Gasteiger partial charge in [0.05, 0.1) is 13.2 Å². The lowest BCUT2D eigenvalue weighted by Gasteiger charge is -2.19. The minimum absolute atomic E-state index is 0. The molecule has 3 heterocycles. The quantitative estimate of drug-likeness (QED) is 0.911. The maximum atomic E-state index is 5.61. The first-order chi connectivity index (χ1) is 9.90. The van der Waals surface area contributed by atoms with E-state index in [1.54, 1.807) is 0 Å². The van der Waals surface area contributed by atoms with E-state index in [-0.39, 0.29) is 18.5 Å². The molecule has 1 aromatic heterocycles. The molecule has 7 heteroatoms. The number of rotatable bonds is 2.